The zero-order valence-electron chi connectivity index (χ0n) is 11.3. The summed E-state index contributed by atoms with van der Waals surface area (Å²) in [6.07, 6.45) is 0. The fraction of sp³-hybridized carbons (Fsp3) is 0. The van der Waals surface area contributed by atoms with Gasteiger partial charge in [0.05, 0.1) is 36.9 Å². The minimum atomic E-state index is -2.43. The first-order chi connectivity index (χ1) is 11.3. The molecule has 5 nitrogen and oxygen atoms in total. The summed E-state index contributed by atoms with van der Waals surface area (Å²) in [6, 6.07) is 5.14. The fourth-order valence-electron chi connectivity index (χ4n) is 2.29. The van der Waals surface area contributed by atoms with Crippen molar-refractivity contribution in [1.82, 2.24) is 0 Å². The number of carbonyl (C=O) groups excluding carboxylic acids is 2. The van der Waals surface area contributed by atoms with Crippen molar-refractivity contribution < 1.29 is 18.4 Å². The molecule has 0 fully saturated rings. The molecule has 2 aromatic rings. The Hall–Kier alpha value is -1.15. The monoisotopic (exact) mass is 422 g/mol. The predicted molar refractivity (Wildman–Crippen MR) is 91.2 cm³/mol. The van der Waals surface area contributed by atoms with Gasteiger partial charge < -0.3 is 4.55 Å². The third-order valence-electron chi connectivity index (χ3n) is 3.39. The lowest BCUT2D eigenvalue weighted by molar-refractivity contribution is 0.0926. The Bertz CT molecular complexity index is 883. The van der Waals surface area contributed by atoms with Gasteiger partial charge in [0.25, 0.3) is 11.8 Å². The third kappa shape index (κ3) is 2.54. The lowest BCUT2D eigenvalue weighted by atomic mass is 10.1. The van der Waals surface area contributed by atoms with Crippen LogP contribution < -0.4 is 4.90 Å². The van der Waals surface area contributed by atoms with Crippen LogP contribution in [-0.2, 0) is 11.1 Å². The molecule has 1 atom stereocenters. The summed E-state index contributed by atoms with van der Waals surface area (Å²) in [5.74, 6) is -1.45. The van der Waals surface area contributed by atoms with Crippen LogP contribution in [0.15, 0.2) is 29.2 Å². The molecule has 3 rings (SSSR count). The van der Waals surface area contributed by atoms with Gasteiger partial charge in [-0.05, 0) is 35.3 Å². The van der Waals surface area contributed by atoms with Crippen molar-refractivity contribution in [3.8, 4) is 0 Å². The molecule has 0 aliphatic carbocycles. The van der Waals surface area contributed by atoms with Crippen LogP contribution in [0.4, 0.5) is 5.69 Å². The second kappa shape index (κ2) is 6.29. The van der Waals surface area contributed by atoms with Gasteiger partial charge in [-0.25, -0.2) is 4.90 Å². The Morgan fingerprint density at radius 1 is 0.792 bits per heavy atom. The molecule has 10 heteroatoms. The molecule has 0 saturated carbocycles. The van der Waals surface area contributed by atoms with Gasteiger partial charge in [0.15, 0.2) is 0 Å². The highest BCUT2D eigenvalue weighted by Gasteiger charge is 2.42. The average molecular weight is 424 g/mol. The number of hydrogen-bond acceptors (Lipinski definition) is 4. The second-order valence-electron chi connectivity index (χ2n) is 4.68. The number of imide groups is 1. The molecule has 1 aliphatic rings. The number of fused-ring (bicyclic) bond motifs is 1. The van der Waals surface area contributed by atoms with E-state index in [9.17, 15) is 18.4 Å². The highest BCUT2D eigenvalue weighted by molar-refractivity contribution is 7.79. The van der Waals surface area contributed by atoms with E-state index in [0.29, 0.717) is 0 Å². The molecule has 1 unspecified atom stereocenters. The maximum atomic E-state index is 12.6. The molecular formula is C14H4Cl4NO4S-. The van der Waals surface area contributed by atoms with Gasteiger partial charge in [0.1, 0.15) is 0 Å². The molecule has 1 heterocycles. The first kappa shape index (κ1) is 17.7. The van der Waals surface area contributed by atoms with Gasteiger partial charge >= 0.3 is 0 Å². The largest absolute Gasteiger partial charge is 0.768 e. The van der Waals surface area contributed by atoms with E-state index in [0.717, 1.165) is 4.90 Å². The lowest BCUT2D eigenvalue weighted by Crippen LogP contribution is -2.29. The maximum Gasteiger partial charge on any atom is 0.267 e. The number of anilines is 1. The number of benzene rings is 2. The van der Waals surface area contributed by atoms with Crippen LogP contribution in [-0.4, -0.2) is 20.6 Å². The smallest absolute Gasteiger partial charge is 0.267 e. The number of carbonyl (C=O) groups is 2. The van der Waals surface area contributed by atoms with Crippen molar-refractivity contribution in [1.29, 1.82) is 0 Å². The summed E-state index contributed by atoms with van der Waals surface area (Å²) in [7, 11) is 0. The molecule has 0 N–H and O–H groups in total. The van der Waals surface area contributed by atoms with Crippen molar-refractivity contribution in [3.63, 3.8) is 0 Å². The van der Waals surface area contributed by atoms with Crippen molar-refractivity contribution >= 4 is 75.0 Å². The number of nitrogens with zero attached hydrogens (tertiary/aromatic N) is 1. The number of amides is 2. The van der Waals surface area contributed by atoms with E-state index in [1.807, 2.05) is 0 Å². The van der Waals surface area contributed by atoms with Crippen molar-refractivity contribution in [2.24, 2.45) is 0 Å². The summed E-state index contributed by atoms with van der Waals surface area (Å²) in [4.78, 5) is 26.0. The Kier molecular flexibility index (Phi) is 4.63. The zero-order valence-corrected chi connectivity index (χ0v) is 15.1. The molecule has 0 saturated heterocycles. The summed E-state index contributed by atoms with van der Waals surface area (Å²) in [5, 5.41) is -0.581. The molecule has 124 valence electrons. The highest BCUT2D eigenvalue weighted by atomic mass is 35.5. The molecule has 0 spiro atoms. The number of rotatable bonds is 2. The summed E-state index contributed by atoms with van der Waals surface area (Å²) in [5.41, 5.74) is -0.120. The van der Waals surface area contributed by atoms with Crippen LogP contribution in [0, 0.1) is 0 Å². The van der Waals surface area contributed by atoms with Gasteiger partial charge in [0.2, 0.25) is 0 Å². The number of hydrogen-bond donors (Lipinski definition) is 0. The second-order valence-corrected chi connectivity index (χ2v) is 7.13. The molecule has 0 bridgehead atoms. The number of halogens is 4. The summed E-state index contributed by atoms with van der Waals surface area (Å²) < 4.78 is 21.8. The molecule has 24 heavy (non-hydrogen) atoms. The van der Waals surface area contributed by atoms with E-state index in [1.165, 1.54) is 24.3 Å². The Morgan fingerprint density at radius 3 is 1.58 bits per heavy atom. The predicted octanol–water partition coefficient (Wildman–Crippen LogP) is 4.34. The van der Waals surface area contributed by atoms with Crippen molar-refractivity contribution in [2.75, 3.05) is 4.90 Å². The van der Waals surface area contributed by atoms with Crippen LogP contribution >= 0.6 is 46.4 Å². The normalized spacial score (nSPS) is 15.0. The molecule has 1 aliphatic heterocycles. The van der Waals surface area contributed by atoms with E-state index < -0.39 is 22.9 Å². The molecule has 0 radical (unpaired) electrons. The van der Waals surface area contributed by atoms with Crippen LogP contribution in [0.1, 0.15) is 20.7 Å². The Labute approximate surface area is 158 Å². The van der Waals surface area contributed by atoms with Gasteiger partial charge in [0, 0.05) is 4.90 Å². The molecule has 0 aromatic heterocycles. The van der Waals surface area contributed by atoms with Gasteiger partial charge in [-0.2, -0.15) is 0 Å². The maximum absolute atomic E-state index is 12.6. The van der Waals surface area contributed by atoms with E-state index in [4.69, 9.17) is 46.4 Å². The topological polar surface area (TPSA) is 77.5 Å². The van der Waals surface area contributed by atoms with Crippen molar-refractivity contribution in [2.45, 2.75) is 4.90 Å². The van der Waals surface area contributed by atoms with Gasteiger partial charge in [-0.3, -0.25) is 13.8 Å². The quantitative estimate of drug-likeness (QED) is 0.311. The molecule has 2 aromatic carbocycles. The van der Waals surface area contributed by atoms with E-state index in [2.05, 4.69) is 0 Å². The van der Waals surface area contributed by atoms with Crippen LogP contribution in [0.2, 0.25) is 20.1 Å². The van der Waals surface area contributed by atoms with Crippen LogP contribution in [0.5, 0.6) is 0 Å². The fourth-order valence-corrected chi connectivity index (χ4v) is 3.66. The van der Waals surface area contributed by atoms with E-state index in [1.54, 1.807) is 0 Å². The molecular weight excluding hydrogens is 420 g/mol. The van der Waals surface area contributed by atoms with Crippen molar-refractivity contribution in [3.05, 3.63) is 55.5 Å². The summed E-state index contributed by atoms with van der Waals surface area (Å²) >= 11 is 21.5. The first-order valence-electron chi connectivity index (χ1n) is 6.19. The average Bonchev–Trinajstić information content (AvgIpc) is 2.82. The highest BCUT2D eigenvalue weighted by Crippen LogP contribution is 2.45. The first-order valence-corrected chi connectivity index (χ1v) is 8.78. The van der Waals surface area contributed by atoms with Crippen LogP contribution in [0.3, 0.4) is 0 Å². The minimum absolute atomic E-state index is 0.0116. The molecule has 2 amide bonds. The van der Waals surface area contributed by atoms with E-state index >= 15 is 0 Å². The van der Waals surface area contributed by atoms with E-state index in [-0.39, 0.29) is 41.8 Å². The Balaban J connectivity index is 2.16. The minimum Gasteiger partial charge on any atom is -0.768 e. The third-order valence-corrected chi connectivity index (χ3v) is 5.85. The SMILES string of the molecule is O=C1c2c(Cl)c(Cl)c(Cl)c(Cl)c2C(=O)N1c1ccc(S(=O)[O-])cc1. The van der Waals surface area contributed by atoms with Gasteiger partial charge in [-0.1, -0.05) is 46.4 Å². The van der Waals surface area contributed by atoms with Gasteiger partial charge in [-0.15, -0.1) is 0 Å². The van der Waals surface area contributed by atoms with Crippen LogP contribution in [0.25, 0.3) is 0 Å². The Morgan fingerprint density at radius 2 is 1.21 bits per heavy atom. The summed E-state index contributed by atoms with van der Waals surface area (Å²) in [6.45, 7) is 0. The lowest BCUT2D eigenvalue weighted by Gasteiger charge is -2.15. The zero-order chi connectivity index (χ0) is 17.8. The standard InChI is InChI=1S/C14H5Cl4NO4S/c15-9-7-8(10(16)12(18)11(9)17)14(21)19(13(7)20)5-1-3-6(4-2-5)24(22)23/h1-4H,(H,22,23)/p-1.